The van der Waals surface area contributed by atoms with Crippen LogP contribution in [-0.2, 0) is 32.6 Å². The summed E-state index contributed by atoms with van der Waals surface area (Å²) in [5.41, 5.74) is 1.43. The molecule has 242 valence electrons. The fourth-order valence-corrected chi connectivity index (χ4v) is 6.95. The van der Waals surface area contributed by atoms with Crippen molar-refractivity contribution in [3.63, 3.8) is 0 Å². The average molecular weight is 683 g/mol. The van der Waals surface area contributed by atoms with E-state index in [1.54, 1.807) is 60.7 Å². The van der Waals surface area contributed by atoms with Gasteiger partial charge in [-0.25, -0.2) is 8.42 Å². The predicted molar refractivity (Wildman–Crippen MR) is 183 cm³/mol. The van der Waals surface area contributed by atoms with Crippen molar-refractivity contribution in [1.82, 2.24) is 10.2 Å². The van der Waals surface area contributed by atoms with E-state index in [1.165, 1.54) is 24.1 Å². The Hall–Kier alpha value is -4.05. The van der Waals surface area contributed by atoms with Crippen LogP contribution in [0, 0.1) is 0 Å². The molecule has 46 heavy (non-hydrogen) atoms. The van der Waals surface area contributed by atoms with Gasteiger partial charge in [-0.1, -0.05) is 103 Å². The second-order valence-corrected chi connectivity index (χ2v) is 13.2. The summed E-state index contributed by atoms with van der Waals surface area (Å²) in [4.78, 5) is 29.8. The summed E-state index contributed by atoms with van der Waals surface area (Å²) in [5.74, 6) is -0.745. The molecule has 1 atom stereocenters. The van der Waals surface area contributed by atoms with Crippen molar-refractivity contribution in [3.8, 4) is 5.75 Å². The van der Waals surface area contributed by atoms with E-state index in [4.69, 9.17) is 27.9 Å². The Labute approximate surface area is 280 Å². The molecule has 4 aromatic rings. The number of para-hydroxylation sites is 2. The van der Waals surface area contributed by atoms with Gasteiger partial charge in [0, 0.05) is 35.1 Å². The van der Waals surface area contributed by atoms with Crippen LogP contribution in [0.5, 0.6) is 5.75 Å². The molecule has 0 heterocycles. The quantitative estimate of drug-likeness (QED) is 0.140. The first-order chi connectivity index (χ1) is 22.2. The SMILES string of the molecule is CCCCNC(=O)[C@@H](Cc1ccccc1)N(Cc1c(Cl)cccc1Cl)C(=O)CN(c1ccccc1OC)S(=O)(=O)c1ccccc1. The van der Waals surface area contributed by atoms with Crippen molar-refractivity contribution in [2.45, 2.75) is 43.7 Å². The second kappa shape index (κ2) is 16.5. The molecule has 0 saturated heterocycles. The molecule has 11 heteroatoms. The number of anilines is 1. The molecule has 2 amide bonds. The lowest BCUT2D eigenvalue weighted by atomic mass is 10.0. The molecule has 0 aliphatic carbocycles. The molecule has 0 fully saturated rings. The molecule has 4 aromatic carbocycles. The number of hydrogen-bond donors (Lipinski definition) is 1. The third kappa shape index (κ3) is 8.60. The maximum Gasteiger partial charge on any atom is 0.264 e. The van der Waals surface area contributed by atoms with Gasteiger partial charge in [0.05, 0.1) is 17.7 Å². The first kappa shape index (κ1) is 34.8. The summed E-state index contributed by atoms with van der Waals surface area (Å²) in [6.45, 7) is 1.67. The number of carbonyl (C=O) groups is 2. The number of nitrogens with one attached hydrogen (secondary N) is 1. The standard InChI is InChI=1S/C35H37Cl2N3O5S/c1-3-4-22-38-35(42)32(23-26-14-7-5-8-15-26)39(24-28-29(36)18-13-19-30(28)37)34(41)25-40(31-20-11-12-21-33(31)45-2)46(43,44)27-16-9-6-10-17-27/h5-21,32H,3-4,22-25H2,1-2H3,(H,38,42)/t32-/m1/s1. The number of hydrogen-bond acceptors (Lipinski definition) is 5. The third-order valence-corrected chi connectivity index (χ3v) is 9.94. The number of halogens is 2. The zero-order valence-corrected chi connectivity index (χ0v) is 28.1. The summed E-state index contributed by atoms with van der Waals surface area (Å²) >= 11 is 13.1. The summed E-state index contributed by atoms with van der Waals surface area (Å²) < 4.78 is 34.9. The molecular formula is C35H37Cl2N3O5S. The number of benzene rings is 4. The minimum Gasteiger partial charge on any atom is -0.495 e. The van der Waals surface area contributed by atoms with E-state index < -0.39 is 28.5 Å². The summed E-state index contributed by atoms with van der Waals surface area (Å²) in [6, 6.07) is 27.7. The van der Waals surface area contributed by atoms with Crippen molar-refractivity contribution < 1.29 is 22.7 Å². The van der Waals surface area contributed by atoms with Crippen molar-refractivity contribution >= 4 is 50.7 Å². The van der Waals surface area contributed by atoms with Gasteiger partial charge < -0.3 is 15.0 Å². The Kier molecular flexibility index (Phi) is 12.5. The molecular weight excluding hydrogens is 645 g/mol. The number of nitrogens with zero attached hydrogens (tertiary/aromatic N) is 2. The van der Waals surface area contributed by atoms with Crippen LogP contribution in [0.25, 0.3) is 0 Å². The van der Waals surface area contributed by atoms with Crippen molar-refractivity contribution in [2.75, 3.05) is 24.5 Å². The van der Waals surface area contributed by atoms with Gasteiger partial charge >= 0.3 is 0 Å². The first-order valence-electron chi connectivity index (χ1n) is 14.9. The zero-order chi connectivity index (χ0) is 33.1. The highest BCUT2D eigenvalue weighted by Crippen LogP contribution is 2.33. The van der Waals surface area contributed by atoms with E-state index in [0.29, 0.717) is 22.2 Å². The monoisotopic (exact) mass is 681 g/mol. The van der Waals surface area contributed by atoms with Gasteiger partial charge in [0.25, 0.3) is 10.0 Å². The Morgan fingerprint density at radius 1 is 0.848 bits per heavy atom. The first-order valence-corrected chi connectivity index (χ1v) is 17.1. The largest absolute Gasteiger partial charge is 0.495 e. The normalized spacial score (nSPS) is 11.8. The molecule has 0 aliphatic heterocycles. The summed E-state index contributed by atoms with van der Waals surface area (Å²) in [6.07, 6.45) is 1.80. The number of rotatable bonds is 15. The molecule has 0 unspecified atom stereocenters. The van der Waals surface area contributed by atoms with Gasteiger partial charge in [-0.2, -0.15) is 0 Å². The van der Waals surface area contributed by atoms with Crippen LogP contribution < -0.4 is 14.4 Å². The number of sulfonamides is 1. The van der Waals surface area contributed by atoms with Gasteiger partial charge in [-0.05, 0) is 48.4 Å². The fraction of sp³-hybridized carbons (Fsp3) is 0.257. The average Bonchev–Trinajstić information content (AvgIpc) is 3.07. The van der Waals surface area contributed by atoms with E-state index in [0.717, 1.165) is 22.7 Å². The molecule has 0 saturated carbocycles. The molecule has 0 bridgehead atoms. The topological polar surface area (TPSA) is 96.0 Å². The van der Waals surface area contributed by atoms with Crippen LogP contribution in [0.1, 0.15) is 30.9 Å². The number of carbonyl (C=O) groups excluding carboxylic acids is 2. The minimum atomic E-state index is -4.27. The second-order valence-electron chi connectivity index (χ2n) is 10.6. The third-order valence-electron chi connectivity index (χ3n) is 7.45. The lowest BCUT2D eigenvalue weighted by Gasteiger charge is -2.34. The van der Waals surface area contributed by atoms with Crippen molar-refractivity contribution in [1.29, 1.82) is 0 Å². The summed E-state index contributed by atoms with van der Waals surface area (Å²) in [5, 5.41) is 3.59. The molecule has 4 rings (SSSR count). The van der Waals surface area contributed by atoms with Gasteiger partial charge in [0.1, 0.15) is 18.3 Å². The van der Waals surface area contributed by atoms with E-state index in [1.807, 2.05) is 37.3 Å². The van der Waals surface area contributed by atoms with Gasteiger partial charge in [0.2, 0.25) is 11.8 Å². The zero-order valence-electron chi connectivity index (χ0n) is 25.7. The van der Waals surface area contributed by atoms with Crippen molar-refractivity contribution in [2.24, 2.45) is 0 Å². The van der Waals surface area contributed by atoms with Crippen LogP contribution in [0.2, 0.25) is 10.0 Å². The summed E-state index contributed by atoms with van der Waals surface area (Å²) in [7, 11) is -2.85. The van der Waals surface area contributed by atoms with Crippen LogP contribution in [0.3, 0.4) is 0 Å². The molecule has 8 nitrogen and oxygen atoms in total. The number of amides is 2. The fourth-order valence-electron chi connectivity index (χ4n) is 4.98. The Bertz CT molecular complexity index is 1700. The van der Waals surface area contributed by atoms with E-state index in [2.05, 4.69) is 5.32 Å². The molecule has 1 N–H and O–H groups in total. The lowest BCUT2D eigenvalue weighted by molar-refractivity contribution is -0.140. The number of ether oxygens (including phenoxy) is 1. The van der Waals surface area contributed by atoms with E-state index >= 15 is 0 Å². The van der Waals surface area contributed by atoms with Crippen LogP contribution in [-0.4, -0.2) is 51.4 Å². The van der Waals surface area contributed by atoms with Gasteiger partial charge in [-0.15, -0.1) is 0 Å². The maximum absolute atomic E-state index is 14.6. The predicted octanol–water partition coefficient (Wildman–Crippen LogP) is 6.75. The number of methoxy groups -OCH3 is 1. The highest BCUT2D eigenvalue weighted by Gasteiger charge is 2.36. The lowest BCUT2D eigenvalue weighted by Crippen LogP contribution is -2.53. The van der Waals surface area contributed by atoms with Crippen molar-refractivity contribution in [3.05, 3.63) is 124 Å². The number of unbranched alkanes of at least 4 members (excludes halogenated alkanes) is 1. The molecule has 0 spiro atoms. The Morgan fingerprint density at radius 2 is 1.46 bits per heavy atom. The van der Waals surface area contributed by atoms with Gasteiger partial charge in [-0.3, -0.25) is 13.9 Å². The van der Waals surface area contributed by atoms with E-state index in [-0.39, 0.29) is 35.2 Å². The van der Waals surface area contributed by atoms with Crippen LogP contribution in [0.15, 0.2) is 108 Å². The van der Waals surface area contributed by atoms with Crippen LogP contribution >= 0.6 is 23.2 Å². The molecule has 0 aliphatic rings. The molecule has 0 radical (unpaired) electrons. The maximum atomic E-state index is 14.6. The van der Waals surface area contributed by atoms with Gasteiger partial charge in [0.15, 0.2) is 0 Å². The minimum absolute atomic E-state index is 0.00690. The highest BCUT2D eigenvalue weighted by molar-refractivity contribution is 7.92. The highest BCUT2D eigenvalue weighted by atomic mass is 35.5. The Morgan fingerprint density at radius 3 is 2.09 bits per heavy atom. The van der Waals surface area contributed by atoms with E-state index in [9.17, 15) is 18.0 Å². The molecule has 0 aromatic heterocycles. The van der Waals surface area contributed by atoms with Crippen LogP contribution in [0.4, 0.5) is 5.69 Å². The smallest absolute Gasteiger partial charge is 0.264 e. The Balaban J connectivity index is 1.84.